The second kappa shape index (κ2) is 6.38. The number of halogens is 1. The topological polar surface area (TPSA) is 31.2 Å². The molecule has 18 heavy (non-hydrogen) atoms. The third-order valence-electron chi connectivity index (χ3n) is 2.47. The van der Waals surface area contributed by atoms with Gasteiger partial charge in [0.2, 0.25) is 0 Å². The normalized spacial score (nSPS) is 10.5. The molecule has 0 saturated carbocycles. The molecular formula is C14H13ClNO2. The summed E-state index contributed by atoms with van der Waals surface area (Å²) in [6.07, 6.45) is 1.57. The molecule has 2 aromatic rings. The van der Waals surface area contributed by atoms with E-state index < -0.39 is 0 Å². The van der Waals surface area contributed by atoms with Crippen LogP contribution in [0.5, 0.6) is 0 Å². The molecule has 0 bridgehead atoms. The molecule has 0 spiro atoms. The van der Waals surface area contributed by atoms with E-state index in [1.165, 1.54) is 10.6 Å². The Morgan fingerprint density at radius 3 is 2.83 bits per heavy atom. The third kappa shape index (κ3) is 3.72. The lowest BCUT2D eigenvalue weighted by atomic mass is 10.2. The average Bonchev–Trinajstić information content (AvgIpc) is 2.40. The van der Waals surface area contributed by atoms with Crippen LogP contribution in [0.25, 0.3) is 0 Å². The molecule has 0 aliphatic heterocycles. The minimum Gasteiger partial charge on any atom is -0.375 e. The maximum absolute atomic E-state index is 11.5. The van der Waals surface area contributed by atoms with E-state index >= 15 is 0 Å². The Labute approximate surface area is 111 Å². The van der Waals surface area contributed by atoms with Gasteiger partial charge in [0.25, 0.3) is 5.56 Å². The van der Waals surface area contributed by atoms with E-state index in [1.807, 2.05) is 30.3 Å². The predicted molar refractivity (Wildman–Crippen MR) is 70.6 cm³/mol. The van der Waals surface area contributed by atoms with Gasteiger partial charge in [0.1, 0.15) is 0 Å². The maximum Gasteiger partial charge on any atom is 0.251 e. The van der Waals surface area contributed by atoms with Gasteiger partial charge in [0, 0.05) is 24.9 Å². The van der Waals surface area contributed by atoms with Gasteiger partial charge in [-0.3, -0.25) is 4.79 Å². The molecule has 0 N–H and O–H groups in total. The van der Waals surface area contributed by atoms with Crippen LogP contribution in [0.15, 0.2) is 47.4 Å². The zero-order chi connectivity index (χ0) is 12.8. The molecule has 0 atom stereocenters. The number of benzene rings is 1. The summed E-state index contributed by atoms with van der Waals surface area (Å²) in [5.41, 5.74) is 0.993. The SMILES string of the molecule is O=c1c[c]c(Cl)cn1CCOCc1ccccc1. The Kier molecular flexibility index (Phi) is 4.56. The summed E-state index contributed by atoms with van der Waals surface area (Å²) >= 11 is 5.77. The molecule has 0 amide bonds. The van der Waals surface area contributed by atoms with Gasteiger partial charge in [-0.05, 0) is 5.56 Å². The predicted octanol–water partition coefficient (Wildman–Crippen LogP) is 2.52. The summed E-state index contributed by atoms with van der Waals surface area (Å²) in [7, 11) is 0. The Hall–Kier alpha value is -1.58. The highest BCUT2D eigenvalue weighted by Crippen LogP contribution is 2.03. The van der Waals surface area contributed by atoms with Crippen LogP contribution >= 0.6 is 11.6 Å². The first kappa shape index (κ1) is 12.9. The maximum atomic E-state index is 11.5. The van der Waals surface area contributed by atoms with Crippen LogP contribution in [0.3, 0.4) is 0 Å². The Balaban J connectivity index is 1.82. The molecule has 1 heterocycles. The quantitative estimate of drug-likeness (QED) is 0.776. The van der Waals surface area contributed by atoms with Crippen LogP contribution in [0, 0.1) is 6.07 Å². The van der Waals surface area contributed by atoms with Gasteiger partial charge >= 0.3 is 0 Å². The summed E-state index contributed by atoms with van der Waals surface area (Å²) in [5.74, 6) is 0. The fraction of sp³-hybridized carbons (Fsp3) is 0.214. The molecule has 1 aromatic carbocycles. The molecule has 0 fully saturated rings. The van der Waals surface area contributed by atoms with Crippen LogP contribution in [-0.4, -0.2) is 11.2 Å². The van der Waals surface area contributed by atoms with Gasteiger partial charge in [-0.2, -0.15) is 0 Å². The number of hydrogen-bond acceptors (Lipinski definition) is 2. The number of pyridine rings is 1. The summed E-state index contributed by atoms with van der Waals surface area (Å²) < 4.78 is 7.02. The second-order valence-electron chi connectivity index (χ2n) is 3.84. The molecule has 4 heteroatoms. The highest BCUT2D eigenvalue weighted by molar-refractivity contribution is 6.30. The summed E-state index contributed by atoms with van der Waals surface area (Å²) in [6, 6.07) is 13.9. The standard InChI is InChI=1S/C14H13ClNO2/c15-13-6-7-14(17)16(10-13)8-9-18-11-12-4-2-1-3-5-12/h1-5,7,10H,8-9,11H2. The molecule has 1 aromatic heterocycles. The summed E-state index contributed by atoms with van der Waals surface area (Å²) in [4.78, 5) is 11.5. The first-order chi connectivity index (χ1) is 8.75. The van der Waals surface area contributed by atoms with Crippen molar-refractivity contribution in [3.05, 3.63) is 69.6 Å². The minimum atomic E-state index is -0.122. The molecule has 1 radical (unpaired) electrons. The zero-order valence-corrected chi connectivity index (χ0v) is 10.6. The van der Waals surface area contributed by atoms with Gasteiger partial charge in [-0.25, -0.2) is 0 Å². The first-order valence-electron chi connectivity index (χ1n) is 5.65. The van der Waals surface area contributed by atoms with E-state index in [4.69, 9.17) is 16.3 Å². The number of aromatic nitrogens is 1. The fourth-order valence-corrected chi connectivity index (χ4v) is 1.73. The molecule has 0 unspecified atom stereocenters. The lowest BCUT2D eigenvalue weighted by molar-refractivity contribution is 0.112. The average molecular weight is 263 g/mol. The van der Waals surface area contributed by atoms with Gasteiger partial charge in [0.15, 0.2) is 0 Å². The van der Waals surface area contributed by atoms with Crippen LogP contribution in [-0.2, 0) is 17.9 Å². The monoisotopic (exact) mass is 262 g/mol. The van der Waals surface area contributed by atoms with Crippen molar-refractivity contribution >= 4 is 11.6 Å². The Morgan fingerprint density at radius 1 is 1.28 bits per heavy atom. The smallest absolute Gasteiger partial charge is 0.251 e. The van der Waals surface area contributed by atoms with E-state index in [1.54, 1.807) is 6.20 Å². The lowest BCUT2D eigenvalue weighted by Gasteiger charge is -2.07. The second-order valence-corrected chi connectivity index (χ2v) is 4.24. The largest absolute Gasteiger partial charge is 0.375 e. The van der Waals surface area contributed by atoms with Crippen LogP contribution < -0.4 is 5.56 Å². The Bertz CT molecular complexity index is 551. The van der Waals surface area contributed by atoms with Crippen LogP contribution in [0.1, 0.15) is 5.56 Å². The van der Waals surface area contributed by atoms with Gasteiger partial charge in [-0.1, -0.05) is 41.9 Å². The third-order valence-corrected chi connectivity index (χ3v) is 2.68. The molecule has 3 nitrogen and oxygen atoms in total. The highest BCUT2D eigenvalue weighted by atomic mass is 35.5. The number of nitrogens with zero attached hydrogens (tertiary/aromatic N) is 1. The van der Waals surface area contributed by atoms with E-state index in [2.05, 4.69) is 6.07 Å². The molecular weight excluding hydrogens is 250 g/mol. The number of ether oxygens (including phenoxy) is 1. The van der Waals surface area contributed by atoms with Gasteiger partial charge < -0.3 is 9.30 Å². The molecule has 2 rings (SSSR count). The Morgan fingerprint density at radius 2 is 2.06 bits per heavy atom. The van der Waals surface area contributed by atoms with E-state index in [0.29, 0.717) is 24.8 Å². The van der Waals surface area contributed by atoms with Crippen LogP contribution in [0.2, 0.25) is 5.02 Å². The van der Waals surface area contributed by atoms with E-state index in [9.17, 15) is 4.79 Å². The van der Waals surface area contributed by atoms with Crippen molar-refractivity contribution in [3.63, 3.8) is 0 Å². The lowest BCUT2D eigenvalue weighted by Crippen LogP contribution is -2.20. The highest BCUT2D eigenvalue weighted by Gasteiger charge is 1.98. The minimum absolute atomic E-state index is 0.122. The molecule has 0 saturated heterocycles. The molecule has 0 aliphatic rings. The van der Waals surface area contributed by atoms with Crippen molar-refractivity contribution in [2.24, 2.45) is 0 Å². The van der Waals surface area contributed by atoms with Gasteiger partial charge in [-0.15, -0.1) is 0 Å². The number of hydrogen-bond donors (Lipinski definition) is 0. The van der Waals surface area contributed by atoms with Crippen molar-refractivity contribution in [3.8, 4) is 0 Å². The number of rotatable bonds is 5. The zero-order valence-electron chi connectivity index (χ0n) is 9.80. The van der Waals surface area contributed by atoms with Crippen molar-refractivity contribution in [1.29, 1.82) is 0 Å². The van der Waals surface area contributed by atoms with Gasteiger partial charge in [0.05, 0.1) is 18.2 Å². The van der Waals surface area contributed by atoms with Crippen molar-refractivity contribution < 1.29 is 4.74 Å². The fourth-order valence-electron chi connectivity index (χ4n) is 1.55. The van der Waals surface area contributed by atoms with E-state index in [0.717, 1.165) is 5.56 Å². The summed E-state index contributed by atoms with van der Waals surface area (Å²) in [6.45, 7) is 1.50. The molecule has 0 aliphatic carbocycles. The first-order valence-corrected chi connectivity index (χ1v) is 6.03. The van der Waals surface area contributed by atoms with E-state index in [-0.39, 0.29) is 5.56 Å². The van der Waals surface area contributed by atoms with Crippen molar-refractivity contribution in [2.45, 2.75) is 13.2 Å². The van der Waals surface area contributed by atoms with Crippen LogP contribution in [0.4, 0.5) is 0 Å². The summed E-state index contributed by atoms with van der Waals surface area (Å²) in [5, 5.41) is 0.428. The van der Waals surface area contributed by atoms with Crippen molar-refractivity contribution in [2.75, 3.05) is 6.61 Å². The molecule has 93 valence electrons. The van der Waals surface area contributed by atoms with Crippen molar-refractivity contribution in [1.82, 2.24) is 4.57 Å².